The predicted molar refractivity (Wildman–Crippen MR) is 138 cm³/mol. The van der Waals surface area contributed by atoms with E-state index in [2.05, 4.69) is 21.2 Å². The summed E-state index contributed by atoms with van der Waals surface area (Å²) < 4.78 is 31.1. The molecule has 194 valence electrons. The standard InChI is InChI=1S/C23H27ClN4O6S2/c1-13-18(25-21(31)34-22(2,3)4)26-23(5,12-36(13,32)33)17-15(24)11-16(35-17)20(30)28-27-19(29)14-9-7-6-8-10-14/h6-11,13H,12H2,1-5H3,(H,27,29)(H,28,30)(H,25,26,31)/t13?,23-/m0/s1. The van der Waals surface area contributed by atoms with Crippen LogP contribution in [-0.2, 0) is 20.1 Å². The molecule has 3 N–H and O–H groups in total. The Bertz CT molecular complexity index is 1320. The van der Waals surface area contributed by atoms with Gasteiger partial charge in [0.2, 0.25) is 0 Å². The first kappa shape index (κ1) is 27.6. The molecule has 0 spiro atoms. The number of nitrogens with one attached hydrogen (secondary N) is 3. The first-order chi connectivity index (χ1) is 16.6. The van der Waals surface area contributed by atoms with Gasteiger partial charge in [-0.05, 0) is 52.8 Å². The minimum absolute atomic E-state index is 0.0800. The summed E-state index contributed by atoms with van der Waals surface area (Å²) >= 11 is 7.38. The molecule has 1 fully saturated rings. The second-order valence-corrected chi connectivity index (χ2v) is 13.2. The van der Waals surface area contributed by atoms with E-state index in [4.69, 9.17) is 16.3 Å². The highest BCUT2D eigenvalue weighted by atomic mass is 35.5. The zero-order chi connectivity index (χ0) is 26.9. The Morgan fingerprint density at radius 1 is 1.17 bits per heavy atom. The SMILES string of the molecule is CC1/C(=N\C(=O)OC(C)(C)C)N[C@](C)(c2sc(C(=O)NNC(=O)c3ccccc3)cc2Cl)CS1(=O)=O. The van der Waals surface area contributed by atoms with Gasteiger partial charge in [-0.25, -0.2) is 13.2 Å². The van der Waals surface area contributed by atoms with Gasteiger partial charge in [0.15, 0.2) is 9.84 Å². The average Bonchev–Trinajstić information content (AvgIpc) is 3.17. The number of amides is 3. The summed E-state index contributed by atoms with van der Waals surface area (Å²) in [5.41, 5.74) is 2.92. The molecule has 1 unspecified atom stereocenters. The Balaban J connectivity index is 1.83. The largest absolute Gasteiger partial charge is 0.442 e. The minimum atomic E-state index is -3.75. The number of thiophene rings is 1. The van der Waals surface area contributed by atoms with Crippen molar-refractivity contribution in [3.05, 3.63) is 56.7 Å². The van der Waals surface area contributed by atoms with Gasteiger partial charge in [-0.1, -0.05) is 29.8 Å². The Morgan fingerprint density at radius 2 is 1.78 bits per heavy atom. The maximum absolute atomic E-state index is 13.0. The lowest BCUT2D eigenvalue weighted by molar-refractivity contribution is 0.0602. The third-order valence-corrected chi connectivity index (χ3v) is 9.25. The topological polar surface area (TPSA) is 143 Å². The Labute approximate surface area is 218 Å². The Morgan fingerprint density at radius 3 is 2.39 bits per heavy atom. The molecule has 36 heavy (non-hydrogen) atoms. The Hall–Kier alpha value is -2.96. The fraction of sp³-hybridized carbons (Fsp3) is 0.391. The highest BCUT2D eigenvalue weighted by Crippen LogP contribution is 2.39. The molecule has 2 aromatic rings. The number of benzene rings is 1. The monoisotopic (exact) mass is 554 g/mol. The maximum atomic E-state index is 13.0. The van der Waals surface area contributed by atoms with Gasteiger partial charge in [-0.3, -0.25) is 20.4 Å². The van der Waals surface area contributed by atoms with E-state index in [1.807, 2.05) is 0 Å². The van der Waals surface area contributed by atoms with Crippen molar-refractivity contribution in [3.8, 4) is 0 Å². The second-order valence-electron chi connectivity index (χ2n) is 9.45. The van der Waals surface area contributed by atoms with Crippen LogP contribution in [0.15, 0.2) is 41.4 Å². The molecule has 1 saturated heterocycles. The molecule has 1 aromatic carbocycles. The summed E-state index contributed by atoms with van der Waals surface area (Å²) in [5.74, 6) is -1.56. The van der Waals surface area contributed by atoms with Crippen molar-refractivity contribution in [2.75, 3.05) is 5.75 Å². The first-order valence-electron chi connectivity index (χ1n) is 10.9. The predicted octanol–water partition coefficient (Wildman–Crippen LogP) is 3.43. The van der Waals surface area contributed by atoms with Crippen LogP contribution in [0.2, 0.25) is 5.02 Å². The number of aliphatic imine (C=N–C) groups is 1. The summed E-state index contributed by atoms with van der Waals surface area (Å²) in [6.07, 6.45) is -0.928. The molecule has 2 atom stereocenters. The molecule has 10 nitrogen and oxygen atoms in total. The molecular formula is C23H27ClN4O6S2. The van der Waals surface area contributed by atoms with Gasteiger partial charge < -0.3 is 10.1 Å². The molecule has 13 heteroatoms. The molecule has 0 saturated carbocycles. The normalized spacial score (nSPS) is 22.4. The summed E-state index contributed by atoms with van der Waals surface area (Å²) in [6.45, 7) is 8.03. The number of hydrogen-bond acceptors (Lipinski definition) is 7. The zero-order valence-corrected chi connectivity index (χ0v) is 22.7. The van der Waals surface area contributed by atoms with Crippen molar-refractivity contribution in [2.45, 2.75) is 51.0 Å². The van der Waals surface area contributed by atoms with E-state index in [0.29, 0.717) is 10.4 Å². The second kappa shape index (κ2) is 10.2. The number of hydrogen-bond donors (Lipinski definition) is 3. The van der Waals surface area contributed by atoms with Gasteiger partial charge in [-0.2, -0.15) is 4.99 Å². The lowest BCUT2D eigenvalue weighted by Gasteiger charge is -2.38. The van der Waals surface area contributed by atoms with Crippen molar-refractivity contribution < 1.29 is 27.5 Å². The molecule has 3 amide bonds. The lowest BCUT2D eigenvalue weighted by Crippen LogP contribution is -2.59. The van der Waals surface area contributed by atoms with E-state index in [9.17, 15) is 22.8 Å². The van der Waals surface area contributed by atoms with Crippen molar-refractivity contribution in [1.82, 2.24) is 16.2 Å². The van der Waals surface area contributed by atoms with Gasteiger partial charge in [0.1, 0.15) is 16.7 Å². The number of amidine groups is 1. The number of ether oxygens (including phenoxy) is 1. The number of sulfone groups is 1. The molecule has 3 rings (SSSR count). The van der Waals surface area contributed by atoms with E-state index in [1.54, 1.807) is 58.0 Å². The van der Waals surface area contributed by atoms with E-state index in [-0.39, 0.29) is 21.5 Å². The number of rotatable bonds is 3. The third kappa shape index (κ3) is 6.42. The van der Waals surface area contributed by atoms with Crippen LogP contribution in [0.5, 0.6) is 0 Å². The van der Waals surface area contributed by atoms with Crippen LogP contribution in [0.1, 0.15) is 59.5 Å². The quantitative estimate of drug-likeness (QED) is 0.493. The fourth-order valence-corrected chi connectivity index (χ4v) is 6.79. The highest BCUT2D eigenvalue weighted by Gasteiger charge is 2.46. The van der Waals surface area contributed by atoms with Crippen LogP contribution in [0.4, 0.5) is 4.79 Å². The third-order valence-electron chi connectivity index (χ3n) is 5.16. The van der Waals surface area contributed by atoms with Crippen LogP contribution in [0.25, 0.3) is 0 Å². The maximum Gasteiger partial charge on any atom is 0.435 e. The summed E-state index contributed by atoms with van der Waals surface area (Å²) in [5, 5.41) is 2.10. The summed E-state index contributed by atoms with van der Waals surface area (Å²) in [4.78, 5) is 41.5. The van der Waals surface area contributed by atoms with E-state index in [0.717, 1.165) is 11.3 Å². The van der Waals surface area contributed by atoms with Gasteiger partial charge in [0, 0.05) is 5.56 Å². The van der Waals surface area contributed by atoms with Crippen molar-refractivity contribution in [2.24, 2.45) is 4.99 Å². The van der Waals surface area contributed by atoms with Crippen LogP contribution in [0.3, 0.4) is 0 Å². The number of hydrazine groups is 1. The molecule has 1 aliphatic heterocycles. The zero-order valence-electron chi connectivity index (χ0n) is 20.3. The molecule has 0 radical (unpaired) electrons. The highest BCUT2D eigenvalue weighted by molar-refractivity contribution is 7.92. The number of carbonyl (C=O) groups excluding carboxylic acids is 3. The molecule has 0 bridgehead atoms. The molecule has 1 aromatic heterocycles. The van der Waals surface area contributed by atoms with Crippen LogP contribution in [-0.4, -0.2) is 48.8 Å². The molecule has 2 heterocycles. The van der Waals surface area contributed by atoms with Crippen molar-refractivity contribution in [1.29, 1.82) is 0 Å². The van der Waals surface area contributed by atoms with Crippen LogP contribution < -0.4 is 16.2 Å². The summed E-state index contributed by atoms with van der Waals surface area (Å²) in [7, 11) is -3.75. The lowest BCUT2D eigenvalue weighted by atomic mass is 10.0. The number of nitrogens with zero attached hydrogens (tertiary/aromatic N) is 1. The molecular weight excluding hydrogens is 528 g/mol. The molecule has 0 aliphatic carbocycles. The first-order valence-corrected chi connectivity index (χ1v) is 13.8. The van der Waals surface area contributed by atoms with Gasteiger partial charge in [-0.15, -0.1) is 11.3 Å². The van der Waals surface area contributed by atoms with Crippen LogP contribution >= 0.6 is 22.9 Å². The van der Waals surface area contributed by atoms with Crippen molar-refractivity contribution >= 4 is 56.5 Å². The van der Waals surface area contributed by atoms with Crippen LogP contribution in [0, 0.1) is 0 Å². The van der Waals surface area contributed by atoms with E-state index in [1.165, 1.54) is 13.0 Å². The Kier molecular flexibility index (Phi) is 7.82. The van der Waals surface area contributed by atoms with Gasteiger partial charge >= 0.3 is 6.09 Å². The van der Waals surface area contributed by atoms with E-state index < -0.39 is 44.1 Å². The summed E-state index contributed by atoms with van der Waals surface area (Å²) in [6, 6.07) is 9.71. The average molecular weight is 555 g/mol. The fourth-order valence-electron chi connectivity index (χ4n) is 3.44. The smallest absolute Gasteiger partial charge is 0.435 e. The van der Waals surface area contributed by atoms with Gasteiger partial charge in [0.25, 0.3) is 11.8 Å². The van der Waals surface area contributed by atoms with E-state index >= 15 is 0 Å². The molecule has 1 aliphatic rings. The number of halogens is 1. The van der Waals surface area contributed by atoms with Gasteiger partial charge in [0.05, 0.1) is 26.1 Å². The number of carbonyl (C=O) groups is 3. The van der Waals surface area contributed by atoms with Crippen molar-refractivity contribution in [3.63, 3.8) is 0 Å². The minimum Gasteiger partial charge on any atom is -0.442 e.